The number of ether oxygens (including phenoxy) is 1. The number of unbranched alkanes of at least 4 members (excludes halogenated alkanes) is 1. The fourth-order valence-corrected chi connectivity index (χ4v) is 2.67. The highest BCUT2D eigenvalue weighted by atomic mass is 16.5. The average molecular weight is 338 g/mol. The van der Waals surface area contributed by atoms with Crippen LogP contribution in [0.5, 0.6) is 6.01 Å². The van der Waals surface area contributed by atoms with E-state index in [2.05, 4.69) is 23.5 Å². The molecule has 0 spiro atoms. The van der Waals surface area contributed by atoms with Crippen LogP contribution in [0.15, 0.2) is 54.0 Å². The van der Waals surface area contributed by atoms with Crippen molar-refractivity contribution in [1.29, 1.82) is 0 Å². The van der Waals surface area contributed by atoms with Crippen molar-refractivity contribution in [2.75, 3.05) is 6.61 Å². The topological polar surface area (TPSA) is 61.9 Å². The van der Waals surface area contributed by atoms with Crippen molar-refractivity contribution in [2.45, 2.75) is 32.9 Å². The number of rotatable bonds is 8. The maximum Gasteiger partial charge on any atom is 0.330 e. The minimum atomic E-state index is -0.126. The number of allylic oxidation sites excluding steroid dienone is 1. The van der Waals surface area contributed by atoms with E-state index >= 15 is 0 Å². The van der Waals surface area contributed by atoms with Gasteiger partial charge in [0.25, 0.3) is 0 Å². The summed E-state index contributed by atoms with van der Waals surface area (Å²) in [5.74, 6) is 0. The Morgan fingerprint density at radius 1 is 1.24 bits per heavy atom. The van der Waals surface area contributed by atoms with Gasteiger partial charge in [0.15, 0.2) is 5.65 Å². The average Bonchev–Trinajstić information content (AvgIpc) is 2.89. The van der Waals surface area contributed by atoms with Gasteiger partial charge in [-0.15, -0.1) is 6.58 Å². The monoisotopic (exact) mass is 338 g/mol. The molecule has 0 N–H and O–H groups in total. The Balaban J connectivity index is 2.05. The molecule has 2 aromatic heterocycles. The lowest BCUT2D eigenvalue weighted by Crippen LogP contribution is -2.24. The van der Waals surface area contributed by atoms with Crippen molar-refractivity contribution in [1.82, 2.24) is 19.1 Å². The third-order valence-electron chi connectivity index (χ3n) is 3.96. The Hall–Kier alpha value is -2.89. The van der Waals surface area contributed by atoms with E-state index in [0.717, 1.165) is 18.4 Å². The predicted octanol–water partition coefficient (Wildman–Crippen LogP) is 3.01. The van der Waals surface area contributed by atoms with Gasteiger partial charge in [-0.1, -0.05) is 49.8 Å². The maximum atomic E-state index is 12.8. The Morgan fingerprint density at radius 3 is 2.76 bits per heavy atom. The summed E-state index contributed by atoms with van der Waals surface area (Å²) in [5, 5.41) is 0. The summed E-state index contributed by atoms with van der Waals surface area (Å²) in [7, 11) is 0. The van der Waals surface area contributed by atoms with Crippen LogP contribution in [0.2, 0.25) is 0 Å². The fraction of sp³-hybridized carbons (Fsp3) is 0.316. The first-order chi connectivity index (χ1) is 12.2. The Bertz CT molecular complexity index is 912. The molecule has 25 heavy (non-hydrogen) atoms. The van der Waals surface area contributed by atoms with E-state index < -0.39 is 0 Å². The molecular weight excluding hydrogens is 316 g/mol. The molecule has 0 aliphatic heterocycles. The Morgan fingerprint density at radius 2 is 2.04 bits per heavy atom. The van der Waals surface area contributed by atoms with Crippen LogP contribution >= 0.6 is 0 Å². The summed E-state index contributed by atoms with van der Waals surface area (Å²) in [6.45, 7) is 7.26. The van der Waals surface area contributed by atoms with Gasteiger partial charge < -0.3 is 4.74 Å². The highest BCUT2D eigenvalue weighted by Crippen LogP contribution is 2.15. The molecule has 0 bridgehead atoms. The zero-order chi connectivity index (χ0) is 17.6. The summed E-state index contributed by atoms with van der Waals surface area (Å²) in [5.41, 5.74) is 2.17. The van der Waals surface area contributed by atoms with Crippen LogP contribution in [0.4, 0.5) is 0 Å². The van der Waals surface area contributed by atoms with Gasteiger partial charge in [0.1, 0.15) is 5.52 Å². The van der Waals surface area contributed by atoms with E-state index in [-0.39, 0.29) is 5.69 Å². The molecule has 3 aromatic rings. The third-order valence-corrected chi connectivity index (χ3v) is 3.96. The molecular formula is C19H22N4O2. The van der Waals surface area contributed by atoms with Crippen LogP contribution in [-0.2, 0) is 13.1 Å². The van der Waals surface area contributed by atoms with Gasteiger partial charge in [-0.3, -0.25) is 9.13 Å². The molecule has 3 rings (SSSR count). The van der Waals surface area contributed by atoms with Crippen molar-refractivity contribution < 1.29 is 4.74 Å². The quantitative estimate of drug-likeness (QED) is 0.468. The lowest BCUT2D eigenvalue weighted by Gasteiger charge is -2.05. The highest BCUT2D eigenvalue weighted by Gasteiger charge is 2.16. The second-order valence-corrected chi connectivity index (χ2v) is 5.82. The number of aromatic nitrogens is 4. The molecule has 0 unspecified atom stereocenters. The summed E-state index contributed by atoms with van der Waals surface area (Å²) in [6.07, 6.45) is 5.32. The summed E-state index contributed by atoms with van der Waals surface area (Å²) < 4.78 is 8.88. The lowest BCUT2D eigenvalue weighted by molar-refractivity contribution is 0.286. The highest BCUT2D eigenvalue weighted by molar-refractivity contribution is 5.71. The van der Waals surface area contributed by atoms with Crippen LogP contribution < -0.4 is 10.4 Å². The molecule has 6 nitrogen and oxygen atoms in total. The van der Waals surface area contributed by atoms with Crippen molar-refractivity contribution in [3.05, 3.63) is 65.2 Å². The zero-order valence-corrected chi connectivity index (χ0v) is 14.4. The van der Waals surface area contributed by atoms with Crippen LogP contribution in [0.3, 0.4) is 0 Å². The van der Waals surface area contributed by atoms with Crippen molar-refractivity contribution in [3.8, 4) is 6.01 Å². The van der Waals surface area contributed by atoms with Crippen LogP contribution in [0.1, 0.15) is 25.3 Å². The SMILES string of the molecule is C=CCn1c(=O)n(Cc2ccccc2)c2nc(OCCCC)ncc21. The van der Waals surface area contributed by atoms with Crippen molar-refractivity contribution in [2.24, 2.45) is 0 Å². The molecule has 0 saturated carbocycles. The first kappa shape index (κ1) is 17.0. The number of hydrogen-bond acceptors (Lipinski definition) is 4. The van der Waals surface area contributed by atoms with E-state index in [1.54, 1.807) is 21.4 Å². The van der Waals surface area contributed by atoms with Crippen molar-refractivity contribution >= 4 is 11.2 Å². The van der Waals surface area contributed by atoms with Gasteiger partial charge in [-0.2, -0.15) is 4.98 Å². The molecule has 2 heterocycles. The molecule has 0 radical (unpaired) electrons. The minimum Gasteiger partial charge on any atom is -0.463 e. The first-order valence-corrected chi connectivity index (χ1v) is 8.48. The Labute approximate surface area is 146 Å². The molecule has 130 valence electrons. The largest absolute Gasteiger partial charge is 0.463 e. The van der Waals surface area contributed by atoms with E-state index in [0.29, 0.717) is 36.9 Å². The first-order valence-electron chi connectivity index (χ1n) is 8.48. The maximum absolute atomic E-state index is 12.8. The number of hydrogen-bond donors (Lipinski definition) is 0. The van der Waals surface area contributed by atoms with Crippen LogP contribution in [-0.4, -0.2) is 25.7 Å². The molecule has 0 saturated heterocycles. The molecule has 0 aliphatic carbocycles. The number of imidazole rings is 1. The van der Waals surface area contributed by atoms with Gasteiger partial charge in [-0.05, 0) is 12.0 Å². The zero-order valence-electron chi connectivity index (χ0n) is 14.4. The van der Waals surface area contributed by atoms with Gasteiger partial charge in [0, 0.05) is 6.54 Å². The van der Waals surface area contributed by atoms with Gasteiger partial charge in [0.05, 0.1) is 19.3 Å². The molecule has 0 aliphatic rings. The molecule has 6 heteroatoms. The standard InChI is InChI=1S/C19H22N4O2/c1-3-5-12-25-18-20-13-16-17(21-18)23(19(24)22(16)11-4-2)14-15-9-7-6-8-10-15/h4,6-10,13H,2-3,5,11-12,14H2,1H3. The number of benzene rings is 1. The summed E-state index contributed by atoms with van der Waals surface area (Å²) in [6, 6.07) is 10.1. The van der Waals surface area contributed by atoms with Crippen LogP contribution in [0.25, 0.3) is 11.2 Å². The molecule has 0 fully saturated rings. The lowest BCUT2D eigenvalue weighted by atomic mass is 10.2. The second-order valence-electron chi connectivity index (χ2n) is 5.82. The predicted molar refractivity (Wildman–Crippen MR) is 97.9 cm³/mol. The summed E-state index contributed by atoms with van der Waals surface area (Å²) in [4.78, 5) is 21.5. The minimum absolute atomic E-state index is 0.126. The van der Waals surface area contributed by atoms with E-state index in [4.69, 9.17) is 4.74 Å². The van der Waals surface area contributed by atoms with Gasteiger partial charge >= 0.3 is 11.7 Å². The van der Waals surface area contributed by atoms with E-state index in [1.165, 1.54) is 0 Å². The van der Waals surface area contributed by atoms with E-state index in [1.807, 2.05) is 30.3 Å². The fourth-order valence-electron chi connectivity index (χ4n) is 2.67. The van der Waals surface area contributed by atoms with Crippen molar-refractivity contribution in [3.63, 3.8) is 0 Å². The molecule has 0 atom stereocenters. The number of nitrogens with zero attached hydrogens (tertiary/aromatic N) is 4. The third kappa shape index (κ3) is 3.63. The second kappa shape index (κ2) is 7.79. The summed E-state index contributed by atoms with van der Waals surface area (Å²) >= 11 is 0. The van der Waals surface area contributed by atoms with Crippen LogP contribution in [0, 0.1) is 0 Å². The molecule has 1 aromatic carbocycles. The van der Waals surface area contributed by atoms with Gasteiger partial charge in [-0.25, -0.2) is 9.78 Å². The van der Waals surface area contributed by atoms with Gasteiger partial charge in [0.2, 0.25) is 0 Å². The molecule has 0 amide bonds. The number of fused-ring (bicyclic) bond motifs is 1. The Kier molecular flexibility index (Phi) is 5.28. The van der Waals surface area contributed by atoms with E-state index in [9.17, 15) is 4.79 Å². The normalized spacial score (nSPS) is 10.9. The smallest absolute Gasteiger partial charge is 0.330 e.